The van der Waals surface area contributed by atoms with Crippen LogP contribution in [0.15, 0.2) is 12.2 Å². The Labute approximate surface area is 170 Å². The third-order valence-corrected chi connectivity index (χ3v) is 6.69. The highest BCUT2D eigenvalue weighted by molar-refractivity contribution is 5.79. The topological polar surface area (TPSA) is 66.8 Å². The van der Waals surface area contributed by atoms with Gasteiger partial charge in [0.2, 0.25) is 5.91 Å². The lowest BCUT2D eigenvalue weighted by molar-refractivity contribution is -0.143. The normalized spacial score (nSPS) is 22.5. The van der Waals surface area contributed by atoms with Crippen LogP contribution in [0.3, 0.4) is 0 Å². The molecule has 1 amide bonds. The molecule has 0 aromatic rings. The van der Waals surface area contributed by atoms with Gasteiger partial charge in [-0.2, -0.15) is 0 Å². The van der Waals surface area contributed by atoms with Crippen molar-refractivity contribution in [2.24, 2.45) is 5.41 Å². The van der Waals surface area contributed by atoms with E-state index >= 15 is 0 Å². The first-order valence-corrected chi connectivity index (χ1v) is 11.3. The van der Waals surface area contributed by atoms with Crippen molar-refractivity contribution in [3.05, 3.63) is 12.2 Å². The molecule has 1 heterocycles. The highest BCUT2D eigenvalue weighted by Crippen LogP contribution is 2.47. The summed E-state index contributed by atoms with van der Waals surface area (Å²) in [5.41, 5.74) is 0.138. The average molecular weight is 394 g/mol. The number of rotatable bonds is 13. The van der Waals surface area contributed by atoms with Gasteiger partial charge in [-0.15, -0.1) is 0 Å². The molecule has 0 unspecified atom stereocenters. The van der Waals surface area contributed by atoms with Crippen LogP contribution in [0.1, 0.15) is 90.9 Å². The summed E-state index contributed by atoms with van der Waals surface area (Å²) in [6.45, 7) is 5.23. The van der Waals surface area contributed by atoms with Gasteiger partial charge in [-0.1, -0.05) is 38.3 Å². The molecule has 1 saturated heterocycles. The van der Waals surface area contributed by atoms with E-state index in [0.717, 1.165) is 57.9 Å². The van der Waals surface area contributed by atoms with Crippen molar-refractivity contribution in [3.63, 3.8) is 0 Å². The van der Waals surface area contributed by atoms with Crippen LogP contribution in [0.25, 0.3) is 0 Å². The second kappa shape index (κ2) is 11.6. The number of esters is 1. The van der Waals surface area contributed by atoms with Crippen molar-refractivity contribution in [2.45, 2.75) is 103 Å². The molecule has 1 aliphatic carbocycles. The van der Waals surface area contributed by atoms with Gasteiger partial charge in [-0.05, 0) is 57.3 Å². The van der Waals surface area contributed by atoms with Crippen molar-refractivity contribution < 1.29 is 19.4 Å². The zero-order valence-electron chi connectivity index (χ0n) is 17.8. The molecule has 0 bridgehead atoms. The number of aliphatic hydroxyl groups excluding tert-OH is 1. The van der Waals surface area contributed by atoms with E-state index in [0.29, 0.717) is 25.9 Å². The largest absolute Gasteiger partial charge is 0.466 e. The van der Waals surface area contributed by atoms with Gasteiger partial charge in [0.25, 0.3) is 0 Å². The molecule has 2 aliphatic rings. The maximum atomic E-state index is 12.2. The van der Waals surface area contributed by atoms with Crippen molar-refractivity contribution in [3.8, 4) is 0 Å². The Morgan fingerprint density at radius 1 is 1.29 bits per heavy atom. The first kappa shape index (κ1) is 22.9. The van der Waals surface area contributed by atoms with Crippen molar-refractivity contribution in [1.82, 2.24) is 4.90 Å². The van der Waals surface area contributed by atoms with E-state index in [9.17, 15) is 14.7 Å². The molecule has 1 aliphatic heterocycles. The molecule has 0 radical (unpaired) electrons. The summed E-state index contributed by atoms with van der Waals surface area (Å²) >= 11 is 0. The van der Waals surface area contributed by atoms with Crippen molar-refractivity contribution >= 4 is 11.9 Å². The van der Waals surface area contributed by atoms with Gasteiger partial charge in [-0.25, -0.2) is 0 Å². The molecule has 1 saturated carbocycles. The number of carbonyl (C=O) groups excluding carboxylic acids is 2. The molecule has 0 spiro atoms. The summed E-state index contributed by atoms with van der Waals surface area (Å²) in [6, 6.07) is 0.179. The molecule has 2 fully saturated rings. The predicted molar refractivity (Wildman–Crippen MR) is 111 cm³/mol. The lowest BCUT2D eigenvalue weighted by Crippen LogP contribution is -2.40. The molecular weight excluding hydrogens is 354 g/mol. The second-order valence-electron chi connectivity index (χ2n) is 8.41. The fourth-order valence-electron chi connectivity index (χ4n) is 4.55. The average Bonchev–Trinajstić information content (AvgIpc) is 2.98. The van der Waals surface area contributed by atoms with Gasteiger partial charge in [0, 0.05) is 19.4 Å². The SMILES string of the molecule is CCOC(=O)CCCCCCN1C(=O)CC[C@@H]1C=CC[C@H](O)C1(CC)CCC1. The smallest absolute Gasteiger partial charge is 0.305 e. The summed E-state index contributed by atoms with van der Waals surface area (Å²) in [5.74, 6) is 0.127. The van der Waals surface area contributed by atoms with E-state index < -0.39 is 0 Å². The Morgan fingerprint density at radius 2 is 2.04 bits per heavy atom. The van der Waals surface area contributed by atoms with E-state index in [1.165, 1.54) is 6.42 Å². The van der Waals surface area contributed by atoms with Crippen LogP contribution in [0, 0.1) is 5.41 Å². The Hall–Kier alpha value is -1.36. The monoisotopic (exact) mass is 393 g/mol. The molecule has 0 aromatic heterocycles. The first-order valence-electron chi connectivity index (χ1n) is 11.3. The number of hydrogen-bond donors (Lipinski definition) is 1. The number of likely N-dealkylation sites (tertiary alicyclic amines) is 1. The molecular formula is C23H39NO4. The molecule has 28 heavy (non-hydrogen) atoms. The van der Waals surface area contributed by atoms with Crippen LogP contribution in [0.4, 0.5) is 0 Å². The van der Waals surface area contributed by atoms with Crippen LogP contribution >= 0.6 is 0 Å². The minimum Gasteiger partial charge on any atom is -0.466 e. The number of unbranched alkanes of at least 4 members (excludes halogenated alkanes) is 3. The minimum atomic E-state index is -0.257. The first-order chi connectivity index (χ1) is 13.5. The Kier molecular flexibility index (Phi) is 9.49. The molecule has 2 atom stereocenters. The number of amides is 1. The van der Waals surface area contributed by atoms with E-state index in [1.807, 2.05) is 11.8 Å². The van der Waals surface area contributed by atoms with Crippen molar-refractivity contribution in [2.75, 3.05) is 13.2 Å². The number of carbonyl (C=O) groups is 2. The van der Waals surface area contributed by atoms with Gasteiger partial charge in [0.15, 0.2) is 0 Å². The highest BCUT2D eigenvalue weighted by Gasteiger charge is 2.41. The van der Waals surface area contributed by atoms with Crippen LogP contribution in [-0.4, -0.2) is 47.2 Å². The quantitative estimate of drug-likeness (QED) is 0.286. The van der Waals surface area contributed by atoms with E-state index in [-0.39, 0.29) is 29.4 Å². The zero-order chi connectivity index (χ0) is 20.4. The third-order valence-electron chi connectivity index (χ3n) is 6.69. The maximum Gasteiger partial charge on any atom is 0.305 e. The number of ether oxygens (including phenoxy) is 1. The Bertz CT molecular complexity index is 521. The summed E-state index contributed by atoms with van der Waals surface area (Å²) in [5, 5.41) is 10.5. The van der Waals surface area contributed by atoms with E-state index in [2.05, 4.69) is 19.1 Å². The molecule has 5 nitrogen and oxygen atoms in total. The fourth-order valence-corrected chi connectivity index (χ4v) is 4.55. The summed E-state index contributed by atoms with van der Waals surface area (Å²) in [7, 11) is 0. The van der Waals surface area contributed by atoms with Crippen LogP contribution in [0.2, 0.25) is 0 Å². The van der Waals surface area contributed by atoms with Gasteiger partial charge < -0.3 is 14.7 Å². The summed E-state index contributed by atoms with van der Waals surface area (Å²) < 4.78 is 4.93. The lowest BCUT2D eigenvalue weighted by atomic mass is 9.63. The fraction of sp³-hybridized carbons (Fsp3) is 0.826. The Balaban J connectivity index is 1.67. The van der Waals surface area contributed by atoms with E-state index in [4.69, 9.17) is 4.74 Å². The van der Waals surface area contributed by atoms with Crippen LogP contribution in [0.5, 0.6) is 0 Å². The van der Waals surface area contributed by atoms with Crippen molar-refractivity contribution in [1.29, 1.82) is 0 Å². The van der Waals surface area contributed by atoms with Gasteiger partial charge >= 0.3 is 5.97 Å². The molecule has 1 N–H and O–H groups in total. The molecule has 2 rings (SSSR count). The lowest BCUT2D eigenvalue weighted by Gasteiger charge is -2.45. The third kappa shape index (κ3) is 6.33. The number of hydrogen-bond acceptors (Lipinski definition) is 4. The zero-order valence-corrected chi connectivity index (χ0v) is 17.8. The number of nitrogens with zero attached hydrogens (tertiary/aromatic N) is 1. The van der Waals surface area contributed by atoms with Crippen LogP contribution in [-0.2, 0) is 14.3 Å². The Morgan fingerprint density at radius 3 is 2.68 bits per heavy atom. The van der Waals surface area contributed by atoms with Crippen LogP contribution < -0.4 is 0 Å². The highest BCUT2D eigenvalue weighted by atomic mass is 16.5. The molecule has 0 aromatic carbocycles. The standard InChI is InChI=1S/C23H39NO4/c1-3-23(16-10-17-23)20(25)12-9-11-19-14-15-21(26)24(19)18-8-6-5-7-13-22(27)28-4-2/h9,11,19-20,25H,3-8,10,12-18H2,1-2H3/t19-,20-/m0/s1. The van der Waals surface area contributed by atoms with Gasteiger partial charge in [0.05, 0.1) is 18.8 Å². The molecule has 160 valence electrons. The predicted octanol–water partition coefficient (Wildman–Crippen LogP) is 4.38. The maximum absolute atomic E-state index is 12.2. The van der Waals surface area contributed by atoms with Gasteiger partial charge in [0.1, 0.15) is 0 Å². The second-order valence-corrected chi connectivity index (χ2v) is 8.41. The van der Waals surface area contributed by atoms with Gasteiger partial charge in [-0.3, -0.25) is 9.59 Å². The minimum absolute atomic E-state index is 0.114. The number of aliphatic hydroxyl groups is 1. The summed E-state index contributed by atoms with van der Waals surface area (Å²) in [4.78, 5) is 25.5. The molecule has 5 heteroatoms. The summed E-state index contributed by atoms with van der Waals surface area (Å²) in [6.07, 6.45) is 15.1. The van der Waals surface area contributed by atoms with E-state index in [1.54, 1.807) is 0 Å².